The summed E-state index contributed by atoms with van der Waals surface area (Å²) >= 11 is 0. The Morgan fingerprint density at radius 2 is 2.19 bits per heavy atom. The summed E-state index contributed by atoms with van der Waals surface area (Å²) in [6.45, 7) is 5.00. The maximum absolute atomic E-state index is 13.5. The molecule has 2 N–H and O–H groups in total. The molecule has 0 saturated carbocycles. The van der Waals surface area contributed by atoms with Crippen molar-refractivity contribution in [2.24, 2.45) is 0 Å². The van der Waals surface area contributed by atoms with Gasteiger partial charge in [-0.3, -0.25) is 0 Å². The van der Waals surface area contributed by atoms with Crippen molar-refractivity contribution in [1.82, 2.24) is 10.6 Å². The van der Waals surface area contributed by atoms with E-state index in [2.05, 4.69) is 10.6 Å². The largest absolute Gasteiger partial charge is 0.379 e. The highest BCUT2D eigenvalue weighted by molar-refractivity contribution is 5.73. The molecule has 0 aliphatic heterocycles. The Bertz CT molecular complexity index is 512. The molecule has 0 saturated heterocycles. The number of nitrogens with one attached hydrogen (secondary N) is 2. The number of nitrogens with zero attached hydrogens (tertiary/aromatic N) is 1. The lowest BCUT2D eigenvalue weighted by atomic mass is 10.1. The molecule has 0 fully saturated rings. The third-order valence-corrected chi connectivity index (χ3v) is 2.67. The number of benzene rings is 1. The quantitative estimate of drug-likeness (QED) is 0.758. The van der Waals surface area contributed by atoms with Gasteiger partial charge in [-0.2, -0.15) is 5.26 Å². The second-order valence-corrected chi connectivity index (χ2v) is 4.80. The Morgan fingerprint density at radius 1 is 1.43 bits per heavy atom. The van der Waals surface area contributed by atoms with Crippen LogP contribution in [0.2, 0.25) is 0 Å². The number of hydrogen-bond acceptors (Lipinski definition) is 3. The van der Waals surface area contributed by atoms with Gasteiger partial charge in [0, 0.05) is 25.3 Å². The third kappa shape index (κ3) is 6.72. The van der Waals surface area contributed by atoms with Crippen LogP contribution in [-0.4, -0.2) is 25.3 Å². The van der Waals surface area contributed by atoms with Gasteiger partial charge < -0.3 is 15.4 Å². The highest BCUT2D eigenvalue weighted by Gasteiger charge is 2.06. The second-order valence-electron chi connectivity index (χ2n) is 4.80. The number of urea groups is 1. The minimum absolute atomic E-state index is 0.0374. The molecule has 5 nitrogen and oxygen atoms in total. The zero-order valence-corrected chi connectivity index (χ0v) is 12.3. The van der Waals surface area contributed by atoms with Gasteiger partial charge in [-0.15, -0.1) is 0 Å². The van der Waals surface area contributed by atoms with Gasteiger partial charge in [0.1, 0.15) is 5.82 Å². The highest BCUT2D eigenvalue weighted by atomic mass is 19.1. The predicted molar refractivity (Wildman–Crippen MR) is 77.1 cm³/mol. The van der Waals surface area contributed by atoms with Crippen molar-refractivity contribution in [1.29, 1.82) is 5.26 Å². The number of amides is 2. The summed E-state index contributed by atoms with van der Waals surface area (Å²) < 4.78 is 18.8. The summed E-state index contributed by atoms with van der Waals surface area (Å²) in [5, 5.41) is 14.0. The van der Waals surface area contributed by atoms with E-state index < -0.39 is 5.82 Å². The van der Waals surface area contributed by atoms with Crippen molar-refractivity contribution < 1.29 is 13.9 Å². The SMILES string of the molecule is CC(C)OCCCNC(=O)NCc1cc(C#N)ccc1F. The van der Waals surface area contributed by atoms with E-state index in [0.717, 1.165) is 0 Å². The number of carbonyl (C=O) groups is 1. The van der Waals surface area contributed by atoms with E-state index in [1.807, 2.05) is 19.9 Å². The number of rotatable bonds is 7. The Kier molecular flexibility index (Phi) is 7.19. The maximum Gasteiger partial charge on any atom is 0.315 e. The summed E-state index contributed by atoms with van der Waals surface area (Å²) in [5.74, 6) is -0.445. The molecule has 1 aromatic carbocycles. The average Bonchev–Trinajstić information content (AvgIpc) is 2.45. The molecule has 0 bridgehead atoms. The lowest BCUT2D eigenvalue weighted by Gasteiger charge is -2.10. The van der Waals surface area contributed by atoms with Crippen molar-refractivity contribution in [2.45, 2.75) is 32.9 Å². The van der Waals surface area contributed by atoms with E-state index in [1.54, 1.807) is 0 Å². The molecule has 21 heavy (non-hydrogen) atoms. The minimum atomic E-state index is -0.445. The molecule has 1 aromatic rings. The van der Waals surface area contributed by atoms with E-state index in [4.69, 9.17) is 10.00 Å². The Hall–Kier alpha value is -2.13. The van der Waals surface area contributed by atoms with Gasteiger partial charge in [-0.05, 0) is 38.5 Å². The van der Waals surface area contributed by atoms with Crippen LogP contribution in [0.5, 0.6) is 0 Å². The first-order valence-corrected chi connectivity index (χ1v) is 6.84. The van der Waals surface area contributed by atoms with Crippen molar-refractivity contribution in [3.8, 4) is 6.07 Å². The molecule has 2 amide bonds. The molecular formula is C15H20FN3O2. The van der Waals surface area contributed by atoms with E-state index in [-0.39, 0.29) is 24.2 Å². The summed E-state index contributed by atoms with van der Waals surface area (Å²) in [6.07, 6.45) is 0.887. The van der Waals surface area contributed by atoms with Crippen molar-refractivity contribution in [2.75, 3.05) is 13.2 Å². The van der Waals surface area contributed by atoms with E-state index in [0.29, 0.717) is 25.1 Å². The third-order valence-electron chi connectivity index (χ3n) is 2.67. The first-order chi connectivity index (χ1) is 10.0. The predicted octanol–water partition coefficient (Wildman–Crippen LogP) is 2.31. The smallest absolute Gasteiger partial charge is 0.315 e. The van der Waals surface area contributed by atoms with Gasteiger partial charge in [-0.1, -0.05) is 0 Å². The number of halogens is 1. The Labute approximate surface area is 124 Å². The van der Waals surface area contributed by atoms with Crippen LogP contribution in [0.1, 0.15) is 31.4 Å². The summed E-state index contributed by atoms with van der Waals surface area (Å²) in [4.78, 5) is 11.5. The fourth-order valence-electron chi connectivity index (χ4n) is 1.61. The number of ether oxygens (including phenoxy) is 1. The molecule has 0 unspecified atom stereocenters. The zero-order valence-electron chi connectivity index (χ0n) is 12.3. The zero-order chi connectivity index (χ0) is 15.7. The standard InChI is InChI=1S/C15H20FN3O2/c1-11(2)21-7-3-6-18-15(20)19-10-13-8-12(9-17)4-5-14(13)16/h4-5,8,11H,3,6-7,10H2,1-2H3,(H2,18,19,20). The minimum Gasteiger partial charge on any atom is -0.379 e. The molecule has 1 rings (SSSR count). The molecule has 114 valence electrons. The molecule has 0 atom stereocenters. The molecule has 0 aromatic heterocycles. The van der Waals surface area contributed by atoms with E-state index in [9.17, 15) is 9.18 Å². The van der Waals surface area contributed by atoms with Crippen LogP contribution in [-0.2, 0) is 11.3 Å². The van der Waals surface area contributed by atoms with Gasteiger partial charge in [0.2, 0.25) is 0 Å². The topological polar surface area (TPSA) is 74.2 Å². The molecular weight excluding hydrogens is 273 g/mol. The Balaban J connectivity index is 2.29. The molecule has 0 aliphatic carbocycles. The number of nitriles is 1. The highest BCUT2D eigenvalue weighted by Crippen LogP contribution is 2.09. The van der Waals surface area contributed by atoms with Gasteiger partial charge in [0.05, 0.1) is 17.7 Å². The number of hydrogen-bond donors (Lipinski definition) is 2. The van der Waals surface area contributed by atoms with Crippen LogP contribution < -0.4 is 10.6 Å². The lowest BCUT2D eigenvalue weighted by molar-refractivity contribution is 0.0774. The van der Waals surface area contributed by atoms with Crippen molar-refractivity contribution in [3.63, 3.8) is 0 Å². The van der Waals surface area contributed by atoms with E-state index in [1.165, 1.54) is 18.2 Å². The summed E-state index contributed by atoms with van der Waals surface area (Å²) in [6, 6.07) is 5.60. The molecule has 0 heterocycles. The Morgan fingerprint density at radius 3 is 2.86 bits per heavy atom. The fraction of sp³-hybridized carbons (Fsp3) is 0.467. The second kappa shape index (κ2) is 8.93. The number of carbonyl (C=O) groups excluding carboxylic acids is 1. The van der Waals surface area contributed by atoms with Crippen LogP contribution in [0.15, 0.2) is 18.2 Å². The molecule has 0 aliphatic rings. The molecule has 6 heteroatoms. The van der Waals surface area contributed by atoms with Gasteiger partial charge in [0.25, 0.3) is 0 Å². The average molecular weight is 293 g/mol. The monoisotopic (exact) mass is 293 g/mol. The maximum atomic E-state index is 13.5. The summed E-state index contributed by atoms with van der Waals surface area (Å²) in [5.41, 5.74) is 0.645. The molecule has 0 radical (unpaired) electrons. The van der Waals surface area contributed by atoms with Gasteiger partial charge in [0.15, 0.2) is 0 Å². The summed E-state index contributed by atoms with van der Waals surface area (Å²) in [7, 11) is 0. The molecule has 0 spiro atoms. The fourth-order valence-corrected chi connectivity index (χ4v) is 1.61. The van der Waals surface area contributed by atoms with Gasteiger partial charge >= 0.3 is 6.03 Å². The van der Waals surface area contributed by atoms with Crippen LogP contribution in [0.3, 0.4) is 0 Å². The first kappa shape index (κ1) is 16.9. The normalized spacial score (nSPS) is 10.2. The van der Waals surface area contributed by atoms with Crippen molar-refractivity contribution >= 4 is 6.03 Å². The van der Waals surface area contributed by atoms with Gasteiger partial charge in [-0.25, -0.2) is 9.18 Å². The van der Waals surface area contributed by atoms with Crippen LogP contribution >= 0.6 is 0 Å². The van der Waals surface area contributed by atoms with Crippen LogP contribution in [0.4, 0.5) is 9.18 Å². The lowest BCUT2D eigenvalue weighted by Crippen LogP contribution is -2.36. The van der Waals surface area contributed by atoms with Crippen molar-refractivity contribution in [3.05, 3.63) is 35.1 Å². The van der Waals surface area contributed by atoms with Crippen LogP contribution in [0, 0.1) is 17.1 Å². The first-order valence-electron chi connectivity index (χ1n) is 6.84. The van der Waals surface area contributed by atoms with Crippen LogP contribution in [0.25, 0.3) is 0 Å². The van der Waals surface area contributed by atoms with E-state index >= 15 is 0 Å².